The van der Waals surface area contributed by atoms with E-state index in [1.807, 2.05) is 18.2 Å². The lowest BCUT2D eigenvalue weighted by molar-refractivity contribution is -0.122. The Kier molecular flexibility index (Phi) is 5.37. The third-order valence-electron chi connectivity index (χ3n) is 5.66. The second-order valence-electron chi connectivity index (χ2n) is 7.44. The molecule has 1 aromatic rings. The number of hydrogen-bond donors (Lipinski definition) is 1. The zero-order chi connectivity index (χ0) is 17.9. The molecule has 6 heteroatoms. The zero-order valence-corrected chi connectivity index (χ0v) is 15.6. The molecule has 2 fully saturated rings. The molecular formula is C19H27NO4S. The van der Waals surface area contributed by atoms with Crippen molar-refractivity contribution >= 4 is 15.7 Å². The van der Waals surface area contributed by atoms with Crippen LogP contribution >= 0.6 is 0 Å². The van der Waals surface area contributed by atoms with E-state index in [0.717, 1.165) is 31.4 Å². The first-order valence-electron chi connectivity index (χ1n) is 9.05. The Labute approximate surface area is 150 Å². The molecule has 1 atom stereocenters. The Bertz CT molecular complexity index is 723. The minimum Gasteiger partial charge on any atom is -0.496 e. The van der Waals surface area contributed by atoms with Crippen LogP contribution in [0.3, 0.4) is 0 Å². The van der Waals surface area contributed by atoms with E-state index in [1.54, 1.807) is 7.11 Å². The first-order valence-corrected chi connectivity index (χ1v) is 10.9. The van der Waals surface area contributed by atoms with Gasteiger partial charge in [-0.1, -0.05) is 31.0 Å². The van der Waals surface area contributed by atoms with E-state index in [2.05, 4.69) is 11.4 Å². The Morgan fingerprint density at radius 1 is 1.28 bits per heavy atom. The van der Waals surface area contributed by atoms with Gasteiger partial charge in [0.2, 0.25) is 5.91 Å². The summed E-state index contributed by atoms with van der Waals surface area (Å²) in [5, 5.41) is 3.08. The van der Waals surface area contributed by atoms with Crippen LogP contribution in [-0.2, 0) is 20.0 Å². The van der Waals surface area contributed by atoms with E-state index < -0.39 is 9.84 Å². The number of benzene rings is 1. The standard InChI is InChI=1S/C19H27NO4S/c1-24-17-7-3-2-6-16(17)19(9-4-5-10-19)14-20-18(21)12-15-8-11-25(22,23)13-15/h2-3,6-7,15H,4-5,8-14H2,1H3,(H,20,21). The van der Waals surface area contributed by atoms with Crippen molar-refractivity contribution in [3.8, 4) is 5.75 Å². The summed E-state index contributed by atoms with van der Waals surface area (Å²) in [6.07, 6.45) is 5.27. The Hall–Kier alpha value is -1.56. The molecule has 1 unspecified atom stereocenters. The maximum atomic E-state index is 12.4. The van der Waals surface area contributed by atoms with Crippen LogP contribution in [0.5, 0.6) is 5.75 Å². The number of methoxy groups -OCH3 is 1. The van der Waals surface area contributed by atoms with Gasteiger partial charge in [-0.25, -0.2) is 8.42 Å². The quantitative estimate of drug-likeness (QED) is 0.840. The second kappa shape index (κ2) is 7.36. The van der Waals surface area contributed by atoms with Gasteiger partial charge in [0.05, 0.1) is 18.6 Å². The van der Waals surface area contributed by atoms with E-state index in [4.69, 9.17) is 4.74 Å². The van der Waals surface area contributed by atoms with Gasteiger partial charge in [-0.2, -0.15) is 0 Å². The third kappa shape index (κ3) is 4.17. The number of rotatable bonds is 6. The van der Waals surface area contributed by atoms with Gasteiger partial charge in [0.1, 0.15) is 5.75 Å². The molecule has 2 aliphatic rings. The predicted octanol–water partition coefficient (Wildman–Crippen LogP) is 2.45. The highest BCUT2D eigenvalue weighted by molar-refractivity contribution is 7.91. The lowest BCUT2D eigenvalue weighted by atomic mass is 9.78. The SMILES string of the molecule is COc1ccccc1C1(CNC(=O)CC2CCS(=O)(=O)C2)CCCC1. The summed E-state index contributed by atoms with van der Waals surface area (Å²) < 4.78 is 28.6. The van der Waals surface area contributed by atoms with Crippen molar-refractivity contribution in [3.05, 3.63) is 29.8 Å². The van der Waals surface area contributed by atoms with Crippen molar-refractivity contribution in [2.75, 3.05) is 25.2 Å². The summed E-state index contributed by atoms with van der Waals surface area (Å²) in [5.41, 5.74) is 1.09. The van der Waals surface area contributed by atoms with Gasteiger partial charge in [-0.3, -0.25) is 4.79 Å². The molecule has 3 rings (SSSR count). The van der Waals surface area contributed by atoms with Gasteiger partial charge in [0.25, 0.3) is 0 Å². The fourth-order valence-electron chi connectivity index (χ4n) is 4.31. The monoisotopic (exact) mass is 365 g/mol. The van der Waals surface area contributed by atoms with Crippen molar-refractivity contribution < 1.29 is 17.9 Å². The molecule has 1 heterocycles. The minimum absolute atomic E-state index is 0.0317. The summed E-state index contributed by atoms with van der Waals surface area (Å²) in [6, 6.07) is 8.05. The molecule has 0 bridgehead atoms. The van der Waals surface area contributed by atoms with Gasteiger partial charge in [0, 0.05) is 23.9 Å². The van der Waals surface area contributed by atoms with Crippen LogP contribution < -0.4 is 10.1 Å². The number of amides is 1. The highest BCUT2D eigenvalue weighted by atomic mass is 32.2. The van der Waals surface area contributed by atoms with Crippen LogP contribution in [0.25, 0.3) is 0 Å². The molecule has 0 aromatic heterocycles. The Morgan fingerprint density at radius 2 is 2.00 bits per heavy atom. The molecule has 138 valence electrons. The van der Waals surface area contributed by atoms with Crippen molar-refractivity contribution in [1.82, 2.24) is 5.32 Å². The van der Waals surface area contributed by atoms with Crippen LogP contribution in [0.15, 0.2) is 24.3 Å². The van der Waals surface area contributed by atoms with Crippen LogP contribution in [-0.4, -0.2) is 39.5 Å². The summed E-state index contributed by atoms with van der Waals surface area (Å²) in [6.45, 7) is 0.589. The molecule has 5 nitrogen and oxygen atoms in total. The van der Waals surface area contributed by atoms with Crippen LogP contribution in [0, 0.1) is 5.92 Å². The van der Waals surface area contributed by atoms with Gasteiger partial charge in [-0.05, 0) is 31.2 Å². The normalized spacial score (nSPS) is 24.1. The predicted molar refractivity (Wildman–Crippen MR) is 97.5 cm³/mol. The van der Waals surface area contributed by atoms with Gasteiger partial charge < -0.3 is 10.1 Å². The topological polar surface area (TPSA) is 72.5 Å². The molecule has 1 aliphatic carbocycles. The van der Waals surface area contributed by atoms with E-state index in [1.165, 1.54) is 5.56 Å². The summed E-state index contributed by atoms with van der Waals surface area (Å²) in [7, 11) is -1.25. The van der Waals surface area contributed by atoms with Gasteiger partial charge in [-0.15, -0.1) is 0 Å². The van der Waals surface area contributed by atoms with Crippen LogP contribution in [0.4, 0.5) is 0 Å². The summed E-state index contributed by atoms with van der Waals surface area (Å²) in [5.74, 6) is 1.17. The number of ether oxygens (including phenoxy) is 1. The highest BCUT2D eigenvalue weighted by Gasteiger charge is 2.38. The number of para-hydroxylation sites is 1. The zero-order valence-electron chi connectivity index (χ0n) is 14.8. The Morgan fingerprint density at radius 3 is 2.64 bits per heavy atom. The number of sulfone groups is 1. The average molecular weight is 365 g/mol. The second-order valence-corrected chi connectivity index (χ2v) is 9.67. The summed E-state index contributed by atoms with van der Waals surface area (Å²) >= 11 is 0. The first-order chi connectivity index (χ1) is 11.9. The number of nitrogens with one attached hydrogen (secondary N) is 1. The number of carbonyl (C=O) groups excluding carboxylic acids is 1. The molecule has 1 amide bonds. The van der Waals surface area contributed by atoms with Crippen molar-refractivity contribution in [1.29, 1.82) is 0 Å². The van der Waals surface area contributed by atoms with Gasteiger partial charge in [0.15, 0.2) is 9.84 Å². The number of carbonyl (C=O) groups is 1. The first kappa shape index (κ1) is 18.2. The van der Waals surface area contributed by atoms with E-state index in [9.17, 15) is 13.2 Å². The molecule has 25 heavy (non-hydrogen) atoms. The van der Waals surface area contributed by atoms with Crippen molar-refractivity contribution in [3.63, 3.8) is 0 Å². The van der Waals surface area contributed by atoms with Crippen molar-refractivity contribution in [2.24, 2.45) is 5.92 Å². The smallest absolute Gasteiger partial charge is 0.220 e. The molecule has 0 radical (unpaired) electrons. The molecule has 1 aliphatic heterocycles. The average Bonchev–Trinajstić information content (AvgIpc) is 3.20. The lowest BCUT2D eigenvalue weighted by Gasteiger charge is -2.31. The third-order valence-corrected chi connectivity index (χ3v) is 7.50. The molecular weight excluding hydrogens is 338 g/mol. The summed E-state index contributed by atoms with van der Waals surface area (Å²) in [4.78, 5) is 12.4. The lowest BCUT2D eigenvalue weighted by Crippen LogP contribution is -2.39. The largest absolute Gasteiger partial charge is 0.496 e. The maximum Gasteiger partial charge on any atom is 0.220 e. The fraction of sp³-hybridized carbons (Fsp3) is 0.632. The molecule has 0 spiro atoms. The molecule has 1 saturated heterocycles. The minimum atomic E-state index is -2.93. The number of hydrogen-bond acceptors (Lipinski definition) is 4. The van der Waals surface area contributed by atoms with E-state index >= 15 is 0 Å². The van der Waals surface area contributed by atoms with E-state index in [0.29, 0.717) is 19.4 Å². The van der Waals surface area contributed by atoms with Gasteiger partial charge >= 0.3 is 0 Å². The Balaban J connectivity index is 1.65. The molecule has 1 N–H and O–H groups in total. The fourth-order valence-corrected chi connectivity index (χ4v) is 6.17. The maximum absolute atomic E-state index is 12.4. The molecule has 1 aromatic carbocycles. The van der Waals surface area contributed by atoms with Crippen LogP contribution in [0.2, 0.25) is 0 Å². The molecule has 1 saturated carbocycles. The van der Waals surface area contributed by atoms with Crippen molar-refractivity contribution in [2.45, 2.75) is 43.9 Å². The van der Waals surface area contributed by atoms with E-state index in [-0.39, 0.29) is 28.7 Å². The van der Waals surface area contributed by atoms with Crippen LogP contribution in [0.1, 0.15) is 44.1 Å². The highest BCUT2D eigenvalue weighted by Crippen LogP contribution is 2.44.